The molecule has 0 spiro atoms. The van der Waals surface area contributed by atoms with Crippen LogP contribution in [-0.4, -0.2) is 51.6 Å². The van der Waals surface area contributed by atoms with Crippen molar-refractivity contribution in [1.29, 1.82) is 0 Å². The maximum absolute atomic E-state index is 14.6. The second kappa shape index (κ2) is 6.80. The Labute approximate surface area is 140 Å². The third kappa shape index (κ3) is 3.80. The van der Waals surface area contributed by atoms with Crippen LogP contribution in [0.25, 0.3) is 0 Å². The molecule has 0 saturated carbocycles. The van der Waals surface area contributed by atoms with Crippen molar-refractivity contribution in [2.24, 2.45) is 0 Å². The number of fused-ring (bicyclic) bond motifs is 1. The topological polar surface area (TPSA) is 71.1 Å². The first-order valence-corrected chi connectivity index (χ1v) is 8.67. The van der Waals surface area contributed by atoms with Crippen LogP contribution >= 0.6 is 0 Å². The summed E-state index contributed by atoms with van der Waals surface area (Å²) < 4.78 is 93.9. The molecule has 140 valence electrons. The van der Waals surface area contributed by atoms with E-state index in [0.29, 0.717) is 5.56 Å². The van der Waals surface area contributed by atoms with Gasteiger partial charge < -0.3 is 14.2 Å². The van der Waals surface area contributed by atoms with E-state index in [1.165, 1.54) is 0 Å². The van der Waals surface area contributed by atoms with Gasteiger partial charge in [-0.2, -0.15) is 21.6 Å². The molecule has 6 nitrogen and oxygen atoms in total. The number of alkyl halides is 4. The molecule has 0 N–H and O–H groups in total. The predicted octanol–water partition coefficient (Wildman–Crippen LogP) is 2.07. The lowest BCUT2D eigenvalue weighted by Gasteiger charge is -2.43. The lowest BCUT2D eigenvalue weighted by molar-refractivity contribution is -0.303. The molecule has 2 fully saturated rings. The number of benzene rings is 1. The maximum Gasteiger partial charge on any atom is 0.523 e. The Hall–Kier alpha value is -1.27. The standard InChI is InChI=1S/C14H14F4O6S/c15-11-9(24-25(19,20)14(16,17)18)6-21-10-7-22-13(23-12(10)11)8-4-2-1-3-5-8/h1-5,9-13H,6-7H2/t9-,10+,11+,12?,13+/m0/s1. The van der Waals surface area contributed by atoms with E-state index in [0.717, 1.165) is 0 Å². The molecule has 2 saturated heterocycles. The molecule has 1 aromatic carbocycles. The van der Waals surface area contributed by atoms with Crippen LogP contribution in [0.5, 0.6) is 0 Å². The number of hydrogen-bond acceptors (Lipinski definition) is 6. The quantitative estimate of drug-likeness (QED) is 0.450. The molecular formula is C14H14F4O6S. The molecule has 2 heterocycles. The first-order valence-electron chi connectivity index (χ1n) is 7.26. The van der Waals surface area contributed by atoms with E-state index in [-0.39, 0.29) is 6.61 Å². The van der Waals surface area contributed by atoms with Crippen LogP contribution < -0.4 is 0 Å². The Morgan fingerprint density at radius 2 is 1.76 bits per heavy atom. The van der Waals surface area contributed by atoms with Crippen molar-refractivity contribution in [3.05, 3.63) is 35.9 Å². The normalized spacial score (nSPS) is 33.7. The van der Waals surface area contributed by atoms with E-state index in [4.69, 9.17) is 14.2 Å². The summed E-state index contributed by atoms with van der Waals surface area (Å²) in [6, 6.07) is 8.51. The Morgan fingerprint density at radius 3 is 2.40 bits per heavy atom. The molecule has 0 aliphatic carbocycles. The SMILES string of the molecule is O=S(=O)(O[C@H]1CO[C@@H]2CO[C@@H](c3ccccc3)OC2[C@@H]1F)C(F)(F)F. The summed E-state index contributed by atoms with van der Waals surface area (Å²) in [7, 11) is -5.94. The summed E-state index contributed by atoms with van der Waals surface area (Å²) in [6.45, 7) is -0.718. The molecule has 0 aromatic heterocycles. The van der Waals surface area contributed by atoms with E-state index < -0.39 is 53.0 Å². The monoisotopic (exact) mass is 386 g/mol. The van der Waals surface area contributed by atoms with Gasteiger partial charge in [0.2, 0.25) is 0 Å². The van der Waals surface area contributed by atoms with Gasteiger partial charge in [0.15, 0.2) is 12.5 Å². The molecule has 1 unspecified atom stereocenters. The third-order valence-electron chi connectivity index (χ3n) is 3.81. The third-order valence-corrected chi connectivity index (χ3v) is 4.88. The van der Waals surface area contributed by atoms with E-state index in [2.05, 4.69) is 4.18 Å². The average Bonchev–Trinajstić information content (AvgIpc) is 2.57. The van der Waals surface area contributed by atoms with Gasteiger partial charge in [-0.05, 0) is 0 Å². The number of halogens is 4. The van der Waals surface area contributed by atoms with Crippen molar-refractivity contribution in [2.75, 3.05) is 13.2 Å². The maximum atomic E-state index is 14.6. The molecule has 2 aliphatic rings. The molecule has 2 aliphatic heterocycles. The van der Waals surface area contributed by atoms with Crippen LogP contribution in [0.1, 0.15) is 11.9 Å². The fraction of sp³-hybridized carbons (Fsp3) is 0.571. The van der Waals surface area contributed by atoms with Crippen molar-refractivity contribution in [2.45, 2.75) is 36.3 Å². The lowest BCUT2D eigenvalue weighted by Crippen LogP contribution is -2.57. The van der Waals surface area contributed by atoms with Crippen LogP contribution in [0.4, 0.5) is 17.6 Å². The molecule has 0 radical (unpaired) electrons. The van der Waals surface area contributed by atoms with Crippen molar-refractivity contribution in [3.63, 3.8) is 0 Å². The summed E-state index contributed by atoms with van der Waals surface area (Å²) in [5, 5.41) is 0. The number of ether oxygens (including phenoxy) is 3. The highest BCUT2D eigenvalue weighted by Gasteiger charge is 2.53. The summed E-state index contributed by atoms with van der Waals surface area (Å²) in [4.78, 5) is 0. The smallest absolute Gasteiger partial charge is 0.370 e. The fourth-order valence-electron chi connectivity index (χ4n) is 2.57. The summed E-state index contributed by atoms with van der Waals surface area (Å²) >= 11 is 0. The van der Waals surface area contributed by atoms with Gasteiger partial charge in [-0.15, -0.1) is 0 Å². The van der Waals surface area contributed by atoms with Gasteiger partial charge in [0.25, 0.3) is 0 Å². The van der Waals surface area contributed by atoms with Gasteiger partial charge in [-0.3, -0.25) is 4.18 Å². The first-order chi connectivity index (χ1) is 11.7. The van der Waals surface area contributed by atoms with Crippen LogP contribution in [0.3, 0.4) is 0 Å². The van der Waals surface area contributed by atoms with Crippen molar-refractivity contribution in [1.82, 2.24) is 0 Å². The molecule has 25 heavy (non-hydrogen) atoms. The van der Waals surface area contributed by atoms with Gasteiger partial charge >= 0.3 is 15.6 Å². The van der Waals surface area contributed by atoms with Gasteiger partial charge in [0, 0.05) is 5.56 Å². The predicted molar refractivity (Wildman–Crippen MR) is 74.5 cm³/mol. The zero-order chi connectivity index (χ0) is 18.2. The summed E-state index contributed by atoms with van der Waals surface area (Å²) in [6.07, 6.45) is -7.22. The molecular weight excluding hydrogens is 372 g/mol. The molecule has 0 amide bonds. The van der Waals surface area contributed by atoms with Crippen LogP contribution in [0.2, 0.25) is 0 Å². The zero-order valence-corrected chi connectivity index (χ0v) is 13.4. The van der Waals surface area contributed by atoms with E-state index in [9.17, 15) is 26.0 Å². The Bertz CT molecular complexity index is 695. The molecule has 1 aromatic rings. The minimum atomic E-state index is -5.94. The number of hydrogen-bond donors (Lipinski definition) is 0. The second-order valence-electron chi connectivity index (χ2n) is 5.53. The summed E-state index contributed by atoms with van der Waals surface area (Å²) in [5.74, 6) is 0. The average molecular weight is 386 g/mol. The van der Waals surface area contributed by atoms with Crippen molar-refractivity contribution >= 4 is 10.1 Å². The van der Waals surface area contributed by atoms with Crippen molar-refractivity contribution < 1.29 is 44.4 Å². The molecule has 3 rings (SSSR count). The lowest BCUT2D eigenvalue weighted by atomic mass is 10.0. The largest absolute Gasteiger partial charge is 0.523 e. The van der Waals surface area contributed by atoms with Gasteiger partial charge in [-0.25, -0.2) is 4.39 Å². The fourth-order valence-corrected chi connectivity index (χ4v) is 3.17. The van der Waals surface area contributed by atoms with E-state index in [1.54, 1.807) is 30.3 Å². The number of rotatable bonds is 3. The van der Waals surface area contributed by atoms with Crippen molar-refractivity contribution in [3.8, 4) is 0 Å². The molecule has 5 atom stereocenters. The van der Waals surface area contributed by atoms with Gasteiger partial charge in [0.1, 0.15) is 18.3 Å². The van der Waals surface area contributed by atoms with Crippen LogP contribution in [0, 0.1) is 0 Å². The van der Waals surface area contributed by atoms with Crippen LogP contribution in [0.15, 0.2) is 30.3 Å². The zero-order valence-electron chi connectivity index (χ0n) is 12.6. The second-order valence-corrected chi connectivity index (χ2v) is 7.09. The first kappa shape index (κ1) is 18.5. The van der Waals surface area contributed by atoms with E-state index >= 15 is 0 Å². The highest BCUT2D eigenvalue weighted by Crippen LogP contribution is 2.35. The van der Waals surface area contributed by atoms with Crippen LogP contribution in [-0.2, 0) is 28.5 Å². The molecule has 0 bridgehead atoms. The Kier molecular flexibility index (Phi) is 5.04. The minimum absolute atomic E-state index is 0.0522. The minimum Gasteiger partial charge on any atom is -0.370 e. The Morgan fingerprint density at radius 1 is 1.08 bits per heavy atom. The molecule has 11 heteroatoms. The van der Waals surface area contributed by atoms with Gasteiger partial charge in [-0.1, -0.05) is 30.3 Å². The van der Waals surface area contributed by atoms with E-state index in [1.807, 2.05) is 0 Å². The highest BCUT2D eigenvalue weighted by molar-refractivity contribution is 7.87. The summed E-state index contributed by atoms with van der Waals surface area (Å²) in [5.41, 5.74) is -5.06. The van der Waals surface area contributed by atoms with Gasteiger partial charge in [0.05, 0.1) is 13.2 Å². The highest BCUT2D eigenvalue weighted by atomic mass is 32.2. The Balaban J connectivity index is 1.72.